The lowest BCUT2D eigenvalue weighted by atomic mass is 9.92. The minimum absolute atomic E-state index is 0.128. The first-order chi connectivity index (χ1) is 29.5. The van der Waals surface area contributed by atoms with Crippen LogP contribution in [-0.2, 0) is 25.7 Å². The fraction of sp³-hybridized carbons (Fsp3) is 0.255. The van der Waals surface area contributed by atoms with Gasteiger partial charge in [0.2, 0.25) is 5.91 Å². The maximum Gasteiger partial charge on any atom is 0.407 e. The number of alkyl carbamates (subject to hydrolysis) is 1. The Morgan fingerprint density at radius 1 is 0.721 bits per heavy atom. The molecular formula is C51H52N2O8. The van der Waals surface area contributed by atoms with Crippen LogP contribution in [0.5, 0.6) is 11.5 Å². The molecular weight excluding hydrogens is 769 g/mol. The molecule has 0 bridgehead atoms. The smallest absolute Gasteiger partial charge is 0.407 e. The highest BCUT2D eigenvalue weighted by atomic mass is 16.6. The van der Waals surface area contributed by atoms with E-state index >= 15 is 0 Å². The van der Waals surface area contributed by atoms with Crippen LogP contribution >= 0.6 is 0 Å². The lowest BCUT2D eigenvalue weighted by Crippen LogP contribution is -2.33. The summed E-state index contributed by atoms with van der Waals surface area (Å²) in [6, 6.07) is 40.0. The van der Waals surface area contributed by atoms with Crippen LogP contribution in [0, 0.1) is 5.92 Å². The Hall–Kier alpha value is -6.78. The predicted octanol–water partition coefficient (Wildman–Crippen LogP) is 10.5. The number of nitrogens with one attached hydrogen (secondary N) is 2. The van der Waals surface area contributed by atoms with Gasteiger partial charge in [-0.1, -0.05) is 116 Å². The first-order valence-corrected chi connectivity index (χ1v) is 20.4. The summed E-state index contributed by atoms with van der Waals surface area (Å²) in [5, 5.41) is 9.52. The van der Waals surface area contributed by atoms with Gasteiger partial charge in [-0.05, 0) is 85.0 Å². The number of carbonyl (C=O) groups is 4. The highest BCUT2D eigenvalue weighted by Crippen LogP contribution is 2.45. The summed E-state index contributed by atoms with van der Waals surface area (Å²) in [6.07, 6.45) is 1.67. The Kier molecular flexibility index (Phi) is 15.0. The Morgan fingerprint density at radius 3 is 2.02 bits per heavy atom. The molecule has 0 aliphatic rings. The van der Waals surface area contributed by atoms with Gasteiger partial charge in [0.25, 0.3) is 0 Å². The zero-order valence-electron chi connectivity index (χ0n) is 34.9. The second-order valence-electron chi connectivity index (χ2n) is 15.7. The number of amides is 2. The van der Waals surface area contributed by atoms with Gasteiger partial charge in [0.05, 0.1) is 6.61 Å². The highest BCUT2D eigenvalue weighted by molar-refractivity contribution is 6.10. The summed E-state index contributed by atoms with van der Waals surface area (Å²) in [6.45, 7) is 9.56. The lowest BCUT2D eigenvalue weighted by molar-refractivity contribution is -0.127. The van der Waals surface area contributed by atoms with E-state index in [1.165, 1.54) is 0 Å². The molecule has 1 atom stereocenters. The zero-order valence-corrected chi connectivity index (χ0v) is 34.9. The van der Waals surface area contributed by atoms with Gasteiger partial charge < -0.3 is 29.6 Å². The minimum atomic E-state index is -0.779. The van der Waals surface area contributed by atoms with Crippen LogP contribution in [0.1, 0.15) is 56.0 Å². The van der Waals surface area contributed by atoms with Gasteiger partial charge in [-0.25, -0.2) is 4.79 Å². The molecule has 314 valence electrons. The average Bonchev–Trinajstić information content (AvgIpc) is 3.25. The number of hydrogen-bond donors (Lipinski definition) is 2. The third kappa shape index (κ3) is 12.4. The molecule has 0 heterocycles. The van der Waals surface area contributed by atoms with Crippen LogP contribution in [0.15, 0.2) is 140 Å². The molecule has 6 aromatic rings. The van der Waals surface area contributed by atoms with Gasteiger partial charge >= 0.3 is 6.09 Å². The van der Waals surface area contributed by atoms with Gasteiger partial charge in [0.1, 0.15) is 36.9 Å². The molecule has 10 nitrogen and oxygen atoms in total. The Bertz CT molecular complexity index is 2490. The van der Waals surface area contributed by atoms with Crippen molar-refractivity contribution in [3.8, 4) is 22.6 Å². The standard InChI is InChI=1S/C51H52N2O8/c1-5-29-59-45-26-24-36-17-9-11-22-42(36)47(45)48-43-23-12-10-18-37(43)25-27-46(48)60-33-41(54)31-39(20-14-28-52-50(57)61-51(2,3)4)49(56)53-40-21-13-19-38(30-40)44(55)34-58-32-35-15-7-6-8-16-35/h5-13,15-19,21-27,30,39H,1,14,20,28-29,31-34H2,2-4H3,(H,52,57)(H,53,56)/t39-/m0/s1. The molecule has 0 unspecified atom stereocenters. The Morgan fingerprint density at radius 2 is 1.36 bits per heavy atom. The number of anilines is 1. The van der Waals surface area contributed by atoms with Crippen molar-refractivity contribution in [1.82, 2.24) is 5.32 Å². The molecule has 0 saturated carbocycles. The van der Waals surface area contributed by atoms with E-state index in [2.05, 4.69) is 17.2 Å². The minimum Gasteiger partial charge on any atom is -0.489 e. The number of ether oxygens (including phenoxy) is 4. The first kappa shape index (κ1) is 43.8. The van der Waals surface area contributed by atoms with E-state index in [0.29, 0.717) is 42.4 Å². The van der Waals surface area contributed by atoms with Crippen LogP contribution in [0.4, 0.5) is 10.5 Å². The van der Waals surface area contributed by atoms with E-state index in [4.69, 9.17) is 18.9 Å². The normalized spacial score (nSPS) is 11.7. The number of benzene rings is 6. The highest BCUT2D eigenvalue weighted by Gasteiger charge is 2.25. The number of ketones is 2. The largest absolute Gasteiger partial charge is 0.489 e. The third-order valence-electron chi connectivity index (χ3n) is 9.82. The summed E-state index contributed by atoms with van der Waals surface area (Å²) in [5.41, 5.74) is 2.69. The molecule has 6 rings (SSSR count). The van der Waals surface area contributed by atoms with Crippen molar-refractivity contribution < 1.29 is 38.1 Å². The molecule has 0 aromatic heterocycles. The third-order valence-corrected chi connectivity index (χ3v) is 9.82. The lowest BCUT2D eigenvalue weighted by Gasteiger charge is -2.21. The van der Waals surface area contributed by atoms with E-state index in [1.807, 2.05) is 103 Å². The summed E-state index contributed by atoms with van der Waals surface area (Å²) in [7, 11) is 0. The zero-order chi connectivity index (χ0) is 43.2. The summed E-state index contributed by atoms with van der Waals surface area (Å²) >= 11 is 0. The van der Waals surface area contributed by atoms with Gasteiger partial charge in [-0.2, -0.15) is 0 Å². The van der Waals surface area contributed by atoms with E-state index in [1.54, 1.807) is 51.1 Å². The van der Waals surface area contributed by atoms with Gasteiger partial charge in [-0.3, -0.25) is 14.4 Å². The fourth-order valence-corrected chi connectivity index (χ4v) is 7.01. The van der Waals surface area contributed by atoms with Crippen molar-refractivity contribution in [2.75, 3.05) is 31.7 Å². The molecule has 0 aliphatic heterocycles. The summed E-state index contributed by atoms with van der Waals surface area (Å²) < 4.78 is 23.6. The quantitative estimate of drug-likeness (QED) is 0.0442. The van der Waals surface area contributed by atoms with Crippen LogP contribution in [0.25, 0.3) is 32.7 Å². The predicted molar refractivity (Wildman–Crippen MR) is 240 cm³/mol. The van der Waals surface area contributed by atoms with Crippen molar-refractivity contribution in [1.29, 1.82) is 0 Å². The summed E-state index contributed by atoms with van der Waals surface area (Å²) in [5.74, 6) is -0.572. The number of fused-ring (bicyclic) bond motifs is 2. The molecule has 0 saturated heterocycles. The second kappa shape index (κ2) is 21.0. The van der Waals surface area contributed by atoms with Crippen molar-refractivity contribution in [3.05, 3.63) is 151 Å². The molecule has 61 heavy (non-hydrogen) atoms. The average molecular weight is 821 g/mol. The van der Waals surface area contributed by atoms with Gasteiger partial charge in [-0.15, -0.1) is 0 Å². The maximum atomic E-state index is 13.9. The molecule has 0 aliphatic carbocycles. The molecule has 0 spiro atoms. The van der Waals surface area contributed by atoms with E-state index < -0.39 is 23.5 Å². The maximum absolute atomic E-state index is 13.9. The number of Topliss-reactive ketones (excluding diaryl/α,β-unsaturated/α-hetero) is 2. The van der Waals surface area contributed by atoms with Crippen molar-refractivity contribution >= 4 is 50.8 Å². The van der Waals surface area contributed by atoms with Crippen molar-refractivity contribution in [2.24, 2.45) is 5.92 Å². The van der Waals surface area contributed by atoms with Gasteiger partial charge in [0, 0.05) is 41.3 Å². The number of rotatable bonds is 20. The van der Waals surface area contributed by atoms with Crippen molar-refractivity contribution in [3.63, 3.8) is 0 Å². The van der Waals surface area contributed by atoms with E-state index in [9.17, 15) is 19.2 Å². The molecule has 2 amide bonds. The fourth-order valence-electron chi connectivity index (χ4n) is 7.01. The van der Waals surface area contributed by atoms with Crippen LogP contribution < -0.4 is 20.1 Å². The van der Waals surface area contributed by atoms with E-state index in [0.717, 1.165) is 38.2 Å². The number of hydrogen-bond acceptors (Lipinski definition) is 8. The summed E-state index contributed by atoms with van der Waals surface area (Å²) in [4.78, 5) is 53.2. The van der Waals surface area contributed by atoms with Crippen LogP contribution in [0.2, 0.25) is 0 Å². The molecule has 0 fully saturated rings. The second-order valence-corrected chi connectivity index (χ2v) is 15.7. The Balaban J connectivity index is 1.19. The van der Waals surface area contributed by atoms with Crippen molar-refractivity contribution in [2.45, 2.75) is 52.2 Å². The van der Waals surface area contributed by atoms with Crippen LogP contribution in [0.3, 0.4) is 0 Å². The molecule has 2 N–H and O–H groups in total. The first-order valence-electron chi connectivity index (χ1n) is 20.4. The molecule has 6 aromatic carbocycles. The molecule has 0 radical (unpaired) electrons. The number of carbonyl (C=O) groups excluding carboxylic acids is 4. The monoisotopic (exact) mass is 820 g/mol. The van der Waals surface area contributed by atoms with E-state index in [-0.39, 0.29) is 44.2 Å². The topological polar surface area (TPSA) is 129 Å². The van der Waals surface area contributed by atoms with Crippen LogP contribution in [-0.4, -0.2) is 55.5 Å². The molecule has 10 heteroatoms. The SMILES string of the molecule is C=CCOc1ccc2ccccc2c1-c1c(OCC(=O)C[C@H](CCCNC(=O)OC(C)(C)C)C(=O)Nc2cccc(C(=O)COCc3ccccc3)c2)ccc2ccccc12. The van der Waals surface area contributed by atoms with Gasteiger partial charge in [0.15, 0.2) is 11.6 Å². The Labute approximate surface area is 356 Å².